The van der Waals surface area contributed by atoms with Crippen LogP contribution in [0, 0.1) is 6.92 Å². The molecule has 0 aromatic carbocycles. The molecule has 130 valence electrons. The number of fused-ring (bicyclic) bond motifs is 1. The van der Waals surface area contributed by atoms with E-state index in [9.17, 15) is 9.59 Å². The smallest absolute Gasteiger partial charge is 0.274 e. The third-order valence-electron chi connectivity index (χ3n) is 3.96. The summed E-state index contributed by atoms with van der Waals surface area (Å²) in [6.07, 6.45) is 1.72. The van der Waals surface area contributed by atoms with E-state index in [1.807, 2.05) is 54.0 Å². The molecular formula is C18H20N4O2S. The lowest BCUT2D eigenvalue weighted by atomic mass is 10.3. The third-order valence-corrected chi connectivity index (χ3v) is 4.83. The van der Waals surface area contributed by atoms with Crippen molar-refractivity contribution in [2.45, 2.75) is 20.4 Å². The summed E-state index contributed by atoms with van der Waals surface area (Å²) in [6, 6.07) is 9.62. The number of aromatic nitrogens is 2. The van der Waals surface area contributed by atoms with Crippen molar-refractivity contribution in [1.82, 2.24) is 19.6 Å². The van der Waals surface area contributed by atoms with Crippen molar-refractivity contribution in [1.29, 1.82) is 0 Å². The molecule has 0 aliphatic carbocycles. The first kappa shape index (κ1) is 17.2. The highest BCUT2D eigenvalue weighted by Crippen LogP contribution is 2.11. The molecular weight excluding hydrogens is 336 g/mol. The minimum atomic E-state index is -0.239. The molecule has 6 nitrogen and oxygen atoms in total. The van der Waals surface area contributed by atoms with Gasteiger partial charge in [-0.15, -0.1) is 11.3 Å². The fourth-order valence-electron chi connectivity index (χ4n) is 2.57. The van der Waals surface area contributed by atoms with Crippen LogP contribution in [0.1, 0.15) is 28.0 Å². The van der Waals surface area contributed by atoms with Gasteiger partial charge in [-0.3, -0.25) is 9.59 Å². The first-order chi connectivity index (χ1) is 12.1. The van der Waals surface area contributed by atoms with Gasteiger partial charge in [-0.1, -0.05) is 12.1 Å². The number of aryl methyl sites for hydroxylation is 1. The summed E-state index contributed by atoms with van der Waals surface area (Å²) in [5.74, 6) is -0.416. The van der Waals surface area contributed by atoms with Crippen LogP contribution in [-0.4, -0.2) is 39.2 Å². The fraction of sp³-hybridized carbons (Fsp3) is 0.278. The van der Waals surface area contributed by atoms with Gasteiger partial charge in [0.2, 0.25) is 5.91 Å². The lowest BCUT2D eigenvalue weighted by Crippen LogP contribution is -2.40. The lowest BCUT2D eigenvalue weighted by molar-refractivity contribution is -0.121. The fourth-order valence-corrected chi connectivity index (χ4v) is 3.21. The maximum absolute atomic E-state index is 12.7. The van der Waals surface area contributed by atoms with Gasteiger partial charge in [-0.2, -0.15) is 0 Å². The van der Waals surface area contributed by atoms with E-state index in [0.717, 1.165) is 16.2 Å². The summed E-state index contributed by atoms with van der Waals surface area (Å²) in [6.45, 7) is 4.76. The van der Waals surface area contributed by atoms with Crippen LogP contribution in [0.15, 0.2) is 41.9 Å². The average molecular weight is 356 g/mol. The van der Waals surface area contributed by atoms with Crippen LogP contribution in [0.25, 0.3) is 5.65 Å². The molecule has 3 rings (SSSR count). The molecule has 0 spiro atoms. The van der Waals surface area contributed by atoms with E-state index < -0.39 is 0 Å². The first-order valence-corrected chi connectivity index (χ1v) is 8.99. The molecule has 7 heteroatoms. The van der Waals surface area contributed by atoms with Gasteiger partial charge in [0.05, 0.1) is 13.1 Å². The van der Waals surface area contributed by atoms with Crippen LogP contribution in [0.2, 0.25) is 0 Å². The molecule has 1 N–H and O–H groups in total. The number of amides is 2. The van der Waals surface area contributed by atoms with E-state index in [1.54, 1.807) is 17.5 Å². The Morgan fingerprint density at radius 1 is 1.28 bits per heavy atom. The number of pyridine rings is 1. The minimum absolute atomic E-state index is 0.0214. The molecule has 0 saturated carbocycles. The Labute approximate surface area is 150 Å². The van der Waals surface area contributed by atoms with Crippen LogP contribution in [0.4, 0.5) is 0 Å². The molecule has 2 amide bonds. The zero-order valence-electron chi connectivity index (χ0n) is 14.2. The molecule has 3 aromatic heterocycles. The molecule has 3 aromatic rings. The van der Waals surface area contributed by atoms with Crippen LogP contribution in [0.5, 0.6) is 0 Å². The standard InChI is InChI=1S/C18H20N4O2S/c1-3-21(12-17(23)19-10-14-7-5-9-25-14)18(24)15-11-22-13(2)6-4-8-16(22)20-15/h4-9,11H,3,10,12H2,1-2H3,(H,19,23). The zero-order valence-corrected chi connectivity index (χ0v) is 15.0. The van der Waals surface area contributed by atoms with E-state index in [-0.39, 0.29) is 18.4 Å². The van der Waals surface area contributed by atoms with Crippen molar-refractivity contribution in [2.24, 2.45) is 0 Å². The number of thiophene rings is 1. The molecule has 0 saturated heterocycles. The number of imidazole rings is 1. The molecule has 0 radical (unpaired) electrons. The Morgan fingerprint density at radius 3 is 2.80 bits per heavy atom. The average Bonchev–Trinajstić information content (AvgIpc) is 3.27. The van der Waals surface area contributed by atoms with Gasteiger partial charge in [-0.25, -0.2) is 4.98 Å². The molecule has 0 fully saturated rings. The van der Waals surface area contributed by atoms with Crippen LogP contribution >= 0.6 is 11.3 Å². The predicted molar refractivity (Wildman–Crippen MR) is 97.7 cm³/mol. The van der Waals surface area contributed by atoms with Crippen molar-refractivity contribution in [3.8, 4) is 0 Å². The van der Waals surface area contributed by atoms with E-state index in [2.05, 4.69) is 10.3 Å². The van der Waals surface area contributed by atoms with E-state index in [1.165, 1.54) is 4.90 Å². The van der Waals surface area contributed by atoms with Crippen LogP contribution in [0.3, 0.4) is 0 Å². The highest BCUT2D eigenvalue weighted by molar-refractivity contribution is 7.09. The van der Waals surface area contributed by atoms with E-state index in [4.69, 9.17) is 0 Å². The molecule has 0 unspecified atom stereocenters. The van der Waals surface area contributed by atoms with Gasteiger partial charge >= 0.3 is 0 Å². The molecule has 3 heterocycles. The topological polar surface area (TPSA) is 66.7 Å². The number of likely N-dealkylation sites (N-methyl/N-ethyl adjacent to an activating group) is 1. The number of hydrogen-bond donors (Lipinski definition) is 1. The Hall–Kier alpha value is -2.67. The number of nitrogens with zero attached hydrogens (tertiary/aromatic N) is 3. The van der Waals surface area contributed by atoms with Crippen LogP contribution < -0.4 is 5.32 Å². The molecule has 25 heavy (non-hydrogen) atoms. The maximum Gasteiger partial charge on any atom is 0.274 e. The normalized spacial score (nSPS) is 10.8. The quantitative estimate of drug-likeness (QED) is 0.738. The summed E-state index contributed by atoms with van der Waals surface area (Å²) >= 11 is 1.59. The Morgan fingerprint density at radius 2 is 2.12 bits per heavy atom. The molecule has 0 atom stereocenters. The zero-order chi connectivity index (χ0) is 17.8. The number of hydrogen-bond acceptors (Lipinski definition) is 4. The second-order valence-electron chi connectivity index (χ2n) is 5.70. The SMILES string of the molecule is CCN(CC(=O)NCc1cccs1)C(=O)c1cn2c(C)cccc2n1. The summed E-state index contributed by atoms with van der Waals surface area (Å²) in [5.41, 5.74) is 2.07. The highest BCUT2D eigenvalue weighted by atomic mass is 32.1. The van der Waals surface area contributed by atoms with Gasteiger partial charge < -0.3 is 14.6 Å². The monoisotopic (exact) mass is 356 g/mol. The van der Waals surface area contributed by atoms with Gasteiger partial charge in [-0.05, 0) is 37.4 Å². The van der Waals surface area contributed by atoms with Crippen LogP contribution in [-0.2, 0) is 11.3 Å². The van der Waals surface area contributed by atoms with Gasteiger partial charge in [0.15, 0.2) is 0 Å². The van der Waals surface area contributed by atoms with Gasteiger partial charge in [0.25, 0.3) is 5.91 Å². The van der Waals surface area contributed by atoms with E-state index >= 15 is 0 Å². The Balaban J connectivity index is 1.67. The van der Waals surface area contributed by atoms with Crippen molar-refractivity contribution >= 4 is 28.8 Å². The summed E-state index contributed by atoms with van der Waals surface area (Å²) in [5, 5.41) is 4.81. The number of nitrogens with one attached hydrogen (secondary N) is 1. The molecule has 0 aliphatic heterocycles. The van der Waals surface area contributed by atoms with Crippen molar-refractivity contribution in [2.75, 3.05) is 13.1 Å². The largest absolute Gasteiger partial charge is 0.350 e. The van der Waals surface area contributed by atoms with E-state index in [0.29, 0.717) is 18.8 Å². The Kier molecular flexibility index (Phi) is 5.14. The number of carbonyl (C=O) groups excluding carboxylic acids is 2. The Bertz CT molecular complexity index is 886. The lowest BCUT2D eigenvalue weighted by Gasteiger charge is -2.19. The van der Waals surface area contributed by atoms with Crippen molar-refractivity contribution in [3.63, 3.8) is 0 Å². The number of rotatable bonds is 6. The predicted octanol–water partition coefficient (Wildman–Crippen LogP) is 2.48. The maximum atomic E-state index is 12.7. The molecule has 0 aliphatic rings. The summed E-state index contributed by atoms with van der Waals surface area (Å²) < 4.78 is 1.87. The third kappa shape index (κ3) is 3.88. The summed E-state index contributed by atoms with van der Waals surface area (Å²) in [4.78, 5) is 31.8. The minimum Gasteiger partial charge on any atom is -0.350 e. The van der Waals surface area contributed by atoms with Gasteiger partial charge in [0.1, 0.15) is 11.3 Å². The first-order valence-electron chi connectivity index (χ1n) is 8.11. The van der Waals surface area contributed by atoms with Crippen molar-refractivity contribution in [3.05, 3.63) is 58.2 Å². The van der Waals surface area contributed by atoms with Gasteiger partial charge in [0, 0.05) is 23.3 Å². The summed E-state index contributed by atoms with van der Waals surface area (Å²) in [7, 11) is 0. The highest BCUT2D eigenvalue weighted by Gasteiger charge is 2.20. The second kappa shape index (κ2) is 7.48. The van der Waals surface area contributed by atoms with Crippen molar-refractivity contribution < 1.29 is 9.59 Å². The second-order valence-corrected chi connectivity index (χ2v) is 6.73. The number of carbonyl (C=O) groups is 2. The molecule has 0 bridgehead atoms.